The molecule has 0 bridgehead atoms. The van der Waals surface area contributed by atoms with Gasteiger partial charge in [-0.1, -0.05) is 24.3 Å². The normalized spacial score (nSPS) is 12.5. The van der Waals surface area contributed by atoms with Crippen molar-refractivity contribution in [2.75, 3.05) is 4.90 Å². The van der Waals surface area contributed by atoms with E-state index in [9.17, 15) is 9.59 Å². The van der Waals surface area contributed by atoms with E-state index in [1.807, 2.05) is 36.4 Å². The number of carbonyl (C=O) groups excluding carboxylic acids is 2. The molecule has 148 valence electrons. The number of amides is 2. The van der Waals surface area contributed by atoms with Gasteiger partial charge < -0.3 is 10.1 Å². The number of nitrogens with one attached hydrogen (secondary N) is 1. The molecule has 7 nitrogen and oxygen atoms in total. The van der Waals surface area contributed by atoms with Gasteiger partial charge in [-0.15, -0.1) is 0 Å². The summed E-state index contributed by atoms with van der Waals surface area (Å²) in [4.78, 5) is 43.2. The molecule has 2 heterocycles. The number of benzene rings is 3. The first-order valence-electron chi connectivity index (χ1n) is 9.18. The molecule has 1 aliphatic rings. The topological polar surface area (TPSA) is 103 Å². The molecule has 2 N–H and O–H groups in total. The van der Waals surface area contributed by atoms with Crippen LogP contribution in [0.25, 0.3) is 22.4 Å². The van der Waals surface area contributed by atoms with Gasteiger partial charge in [-0.25, -0.2) is 9.88 Å². The Hall–Kier alpha value is -4.26. The first kappa shape index (κ1) is 19.1. The minimum Gasteiger partial charge on any atom is -0.481 e. The van der Waals surface area contributed by atoms with E-state index in [0.717, 1.165) is 29.3 Å². The van der Waals surface area contributed by atoms with E-state index in [0.29, 0.717) is 16.8 Å². The molecule has 1 aromatic heterocycles. The van der Waals surface area contributed by atoms with Crippen molar-refractivity contribution < 1.29 is 19.5 Å². The monoisotopic (exact) mass is 399 g/mol. The van der Waals surface area contributed by atoms with Crippen molar-refractivity contribution in [2.45, 2.75) is 6.92 Å². The zero-order valence-corrected chi connectivity index (χ0v) is 16.0. The zero-order chi connectivity index (χ0) is 21.3. The van der Waals surface area contributed by atoms with Gasteiger partial charge >= 0.3 is 0 Å². The number of rotatable bonds is 2. The molecule has 3 aromatic carbocycles. The summed E-state index contributed by atoms with van der Waals surface area (Å²) in [5.74, 6) is -0.663. The number of imidazole rings is 1. The third-order valence-corrected chi connectivity index (χ3v) is 4.58. The van der Waals surface area contributed by atoms with E-state index in [4.69, 9.17) is 9.90 Å². The second kappa shape index (κ2) is 7.63. The molecule has 0 radical (unpaired) electrons. The fraction of sp³-hybridized carbons (Fsp3) is 0.0435. The zero-order valence-electron chi connectivity index (χ0n) is 16.0. The number of carbonyl (C=O) groups is 3. The fourth-order valence-corrected chi connectivity index (χ4v) is 3.28. The van der Waals surface area contributed by atoms with Gasteiger partial charge in [0.05, 0.1) is 27.8 Å². The minimum absolute atomic E-state index is 0.290. The first-order valence-corrected chi connectivity index (χ1v) is 9.18. The number of hydrogen-bond donors (Lipinski definition) is 2. The number of H-pyrrole nitrogens is 1. The molecule has 5 rings (SSSR count). The Bertz CT molecular complexity index is 1200. The molecular weight excluding hydrogens is 382 g/mol. The van der Waals surface area contributed by atoms with E-state index in [1.165, 1.54) is 4.90 Å². The van der Waals surface area contributed by atoms with Crippen LogP contribution in [0.1, 0.15) is 27.6 Å². The van der Waals surface area contributed by atoms with E-state index in [-0.39, 0.29) is 11.8 Å². The Morgan fingerprint density at radius 1 is 0.867 bits per heavy atom. The number of carboxylic acids is 1. The molecule has 4 aromatic rings. The second-order valence-electron chi connectivity index (χ2n) is 6.66. The van der Waals surface area contributed by atoms with Gasteiger partial charge in [-0.3, -0.25) is 14.4 Å². The molecule has 0 atom stereocenters. The number of aliphatic carboxylic acids is 1. The molecule has 1 aliphatic heterocycles. The number of aromatic nitrogens is 2. The number of imide groups is 1. The number of hydrogen-bond acceptors (Lipinski definition) is 4. The summed E-state index contributed by atoms with van der Waals surface area (Å²) in [6, 6.07) is 21.9. The Balaban J connectivity index is 0.000000503. The predicted molar refractivity (Wildman–Crippen MR) is 112 cm³/mol. The fourth-order valence-electron chi connectivity index (χ4n) is 3.28. The van der Waals surface area contributed by atoms with Gasteiger partial charge in [0.2, 0.25) is 0 Å². The number of para-hydroxylation sites is 2. The molecule has 30 heavy (non-hydrogen) atoms. The Labute approximate surface area is 171 Å². The van der Waals surface area contributed by atoms with Crippen LogP contribution in [0.3, 0.4) is 0 Å². The van der Waals surface area contributed by atoms with Crippen molar-refractivity contribution in [1.29, 1.82) is 0 Å². The van der Waals surface area contributed by atoms with Gasteiger partial charge in [-0.05, 0) is 48.5 Å². The Kier molecular flexibility index (Phi) is 4.85. The van der Waals surface area contributed by atoms with Gasteiger partial charge in [-0.2, -0.15) is 0 Å². The van der Waals surface area contributed by atoms with Crippen molar-refractivity contribution in [1.82, 2.24) is 9.97 Å². The van der Waals surface area contributed by atoms with Crippen LogP contribution in [0.4, 0.5) is 5.69 Å². The average molecular weight is 399 g/mol. The van der Waals surface area contributed by atoms with Gasteiger partial charge in [0.15, 0.2) is 0 Å². The van der Waals surface area contributed by atoms with E-state index in [1.54, 1.807) is 36.4 Å². The maximum atomic E-state index is 12.6. The SMILES string of the molecule is CC(=O)O.O=C1c2ccccc2C(=O)N1c1ccc(-c2nc3ccccc3[nH]2)cc1. The number of anilines is 1. The van der Waals surface area contributed by atoms with Crippen LogP contribution in [0.15, 0.2) is 72.8 Å². The average Bonchev–Trinajstić information content (AvgIpc) is 3.28. The van der Waals surface area contributed by atoms with E-state index < -0.39 is 5.97 Å². The maximum absolute atomic E-state index is 12.6. The van der Waals surface area contributed by atoms with Crippen LogP contribution in [-0.4, -0.2) is 32.9 Å². The molecule has 2 amide bonds. The highest BCUT2D eigenvalue weighted by Crippen LogP contribution is 2.30. The summed E-state index contributed by atoms with van der Waals surface area (Å²) in [5.41, 5.74) is 4.19. The minimum atomic E-state index is -0.833. The lowest BCUT2D eigenvalue weighted by molar-refractivity contribution is -0.134. The van der Waals surface area contributed by atoms with Crippen molar-refractivity contribution >= 4 is 34.5 Å². The van der Waals surface area contributed by atoms with Crippen molar-refractivity contribution in [3.05, 3.63) is 83.9 Å². The molecule has 0 spiro atoms. The summed E-state index contributed by atoms with van der Waals surface area (Å²) in [5, 5.41) is 7.42. The summed E-state index contributed by atoms with van der Waals surface area (Å²) in [6.45, 7) is 1.08. The molecule has 7 heteroatoms. The van der Waals surface area contributed by atoms with Gasteiger partial charge in [0.25, 0.3) is 17.8 Å². The Morgan fingerprint density at radius 2 is 1.40 bits per heavy atom. The molecule has 0 saturated carbocycles. The van der Waals surface area contributed by atoms with E-state index in [2.05, 4.69) is 9.97 Å². The van der Waals surface area contributed by atoms with Crippen molar-refractivity contribution in [3.63, 3.8) is 0 Å². The maximum Gasteiger partial charge on any atom is 0.300 e. The lowest BCUT2D eigenvalue weighted by Crippen LogP contribution is -2.29. The van der Waals surface area contributed by atoms with Crippen LogP contribution in [0.2, 0.25) is 0 Å². The summed E-state index contributed by atoms with van der Waals surface area (Å²) in [7, 11) is 0. The molecule has 0 fully saturated rings. The van der Waals surface area contributed by atoms with Crippen LogP contribution >= 0.6 is 0 Å². The van der Waals surface area contributed by atoms with Crippen molar-refractivity contribution in [3.8, 4) is 11.4 Å². The third-order valence-electron chi connectivity index (χ3n) is 4.58. The first-order chi connectivity index (χ1) is 14.5. The van der Waals surface area contributed by atoms with Crippen LogP contribution in [-0.2, 0) is 4.79 Å². The standard InChI is InChI=1S/C21H13N3O2.C2H4O2/c25-20-15-5-1-2-6-16(15)21(26)24(20)14-11-9-13(10-12-14)19-22-17-7-3-4-8-18(17)23-19;1-2(3)4/h1-12H,(H,22,23);1H3,(H,3,4). The smallest absolute Gasteiger partial charge is 0.300 e. The van der Waals surface area contributed by atoms with Crippen molar-refractivity contribution in [2.24, 2.45) is 0 Å². The van der Waals surface area contributed by atoms with Gasteiger partial charge in [0.1, 0.15) is 5.82 Å². The second-order valence-corrected chi connectivity index (χ2v) is 6.66. The summed E-state index contributed by atoms with van der Waals surface area (Å²) in [6.07, 6.45) is 0. The molecule has 0 saturated heterocycles. The molecule has 0 aliphatic carbocycles. The number of fused-ring (bicyclic) bond motifs is 2. The largest absolute Gasteiger partial charge is 0.481 e. The lowest BCUT2D eigenvalue weighted by Gasteiger charge is -2.14. The lowest BCUT2D eigenvalue weighted by atomic mass is 10.1. The molecule has 0 unspecified atom stereocenters. The molecular formula is C23H17N3O4. The predicted octanol–water partition coefficient (Wildman–Crippen LogP) is 4.12. The summed E-state index contributed by atoms with van der Waals surface area (Å²) < 4.78 is 0. The quantitative estimate of drug-likeness (QED) is 0.494. The van der Waals surface area contributed by atoms with Crippen LogP contribution < -0.4 is 4.90 Å². The van der Waals surface area contributed by atoms with Crippen LogP contribution in [0.5, 0.6) is 0 Å². The third kappa shape index (κ3) is 3.44. The Morgan fingerprint density at radius 3 is 1.97 bits per heavy atom. The van der Waals surface area contributed by atoms with Gasteiger partial charge in [0, 0.05) is 12.5 Å². The van der Waals surface area contributed by atoms with E-state index >= 15 is 0 Å². The highest BCUT2D eigenvalue weighted by atomic mass is 16.4. The summed E-state index contributed by atoms with van der Waals surface area (Å²) >= 11 is 0. The number of nitrogens with zero attached hydrogens (tertiary/aromatic N) is 2. The highest BCUT2D eigenvalue weighted by molar-refractivity contribution is 6.34. The highest BCUT2D eigenvalue weighted by Gasteiger charge is 2.36. The number of aromatic amines is 1. The van der Waals surface area contributed by atoms with Crippen LogP contribution in [0, 0.1) is 0 Å². The number of carboxylic acid groups (broad SMARTS) is 1.